The fourth-order valence-corrected chi connectivity index (χ4v) is 1.55. The molecule has 5 heteroatoms. The lowest BCUT2D eigenvalue weighted by atomic mass is 10.2. The van der Waals surface area contributed by atoms with Crippen molar-refractivity contribution in [1.29, 1.82) is 0 Å². The summed E-state index contributed by atoms with van der Waals surface area (Å²) in [6.07, 6.45) is 0. The first kappa shape index (κ1) is 13.2. The number of carbonyl (C=O) groups is 1. The van der Waals surface area contributed by atoms with E-state index in [9.17, 15) is 4.79 Å². The number of amides is 1. The molecular formula is C11H15BrN2O2. The molecule has 0 saturated heterocycles. The lowest BCUT2D eigenvalue weighted by Crippen LogP contribution is -2.27. The van der Waals surface area contributed by atoms with Crippen molar-refractivity contribution < 1.29 is 9.53 Å². The largest absolute Gasteiger partial charge is 0.378 e. The van der Waals surface area contributed by atoms with Gasteiger partial charge in [-0.15, -0.1) is 0 Å². The minimum Gasteiger partial charge on any atom is -0.378 e. The van der Waals surface area contributed by atoms with Gasteiger partial charge in [0.05, 0.1) is 13.2 Å². The van der Waals surface area contributed by atoms with Crippen molar-refractivity contribution in [2.75, 3.05) is 26.3 Å². The average Bonchev–Trinajstić information content (AvgIpc) is 2.28. The summed E-state index contributed by atoms with van der Waals surface area (Å²) < 4.78 is 6.03. The van der Waals surface area contributed by atoms with Gasteiger partial charge in [-0.2, -0.15) is 0 Å². The summed E-state index contributed by atoms with van der Waals surface area (Å²) in [6, 6.07) is 7.24. The highest BCUT2D eigenvalue weighted by atomic mass is 79.9. The summed E-state index contributed by atoms with van der Waals surface area (Å²) in [5.74, 6) is -0.0994. The van der Waals surface area contributed by atoms with Crippen LogP contribution >= 0.6 is 15.9 Å². The average molecular weight is 287 g/mol. The Hall–Kier alpha value is -0.910. The van der Waals surface area contributed by atoms with E-state index in [1.165, 1.54) is 0 Å². The number of carbonyl (C=O) groups excluding carboxylic acids is 1. The van der Waals surface area contributed by atoms with Gasteiger partial charge in [0, 0.05) is 23.1 Å². The molecule has 0 bridgehead atoms. The van der Waals surface area contributed by atoms with Gasteiger partial charge in [0.2, 0.25) is 0 Å². The first-order valence-corrected chi connectivity index (χ1v) is 5.85. The summed E-state index contributed by atoms with van der Waals surface area (Å²) in [5.41, 5.74) is 5.89. The van der Waals surface area contributed by atoms with Crippen molar-refractivity contribution in [1.82, 2.24) is 5.32 Å². The molecule has 1 aromatic rings. The molecule has 16 heavy (non-hydrogen) atoms. The van der Waals surface area contributed by atoms with Crippen molar-refractivity contribution in [2.45, 2.75) is 0 Å². The summed E-state index contributed by atoms with van der Waals surface area (Å²) >= 11 is 3.31. The van der Waals surface area contributed by atoms with Crippen LogP contribution in [0.25, 0.3) is 0 Å². The van der Waals surface area contributed by atoms with Crippen LogP contribution in [0.3, 0.4) is 0 Å². The van der Waals surface area contributed by atoms with Gasteiger partial charge >= 0.3 is 0 Å². The molecule has 0 saturated carbocycles. The van der Waals surface area contributed by atoms with Crippen LogP contribution in [0.1, 0.15) is 10.4 Å². The van der Waals surface area contributed by atoms with Crippen molar-refractivity contribution in [3.05, 3.63) is 34.3 Å². The first-order chi connectivity index (χ1) is 7.74. The van der Waals surface area contributed by atoms with E-state index in [1.807, 2.05) is 12.1 Å². The zero-order valence-corrected chi connectivity index (χ0v) is 10.5. The molecule has 0 atom stereocenters. The van der Waals surface area contributed by atoms with Gasteiger partial charge in [-0.25, -0.2) is 0 Å². The normalized spacial score (nSPS) is 10.1. The zero-order valence-electron chi connectivity index (χ0n) is 8.91. The van der Waals surface area contributed by atoms with E-state index >= 15 is 0 Å². The number of hydrogen-bond acceptors (Lipinski definition) is 3. The molecule has 1 rings (SSSR count). The molecule has 1 aromatic carbocycles. The van der Waals surface area contributed by atoms with E-state index in [0.717, 1.165) is 4.47 Å². The Morgan fingerprint density at radius 3 is 2.94 bits per heavy atom. The Morgan fingerprint density at radius 1 is 1.44 bits per heavy atom. The van der Waals surface area contributed by atoms with E-state index in [0.29, 0.717) is 31.9 Å². The van der Waals surface area contributed by atoms with E-state index < -0.39 is 0 Å². The second kappa shape index (κ2) is 7.38. The molecule has 1 amide bonds. The summed E-state index contributed by atoms with van der Waals surface area (Å²) in [7, 11) is 0. The highest BCUT2D eigenvalue weighted by molar-refractivity contribution is 9.10. The van der Waals surface area contributed by atoms with Crippen molar-refractivity contribution in [2.24, 2.45) is 5.73 Å². The monoisotopic (exact) mass is 286 g/mol. The number of benzene rings is 1. The second-order valence-electron chi connectivity index (χ2n) is 3.17. The van der Waals surface area contributed by atoms with Crippen molar-refractivity contribution in [3.63, 3.8) is 0 Å². The second-order valence-corrected chi connectivity index (χ2v) is 4.08. The summed E-state index contributed by atoms with van der Waals surface area (Å²) in [4.78, 5) is 11.6. The lowest BCUT2D eigenvalue weighted by molar-refractivity contribution is 0.0920. The lowest BCUT2D eigenvalue weighted by Gasteiger charge is -2.05. The predicted octanol–water partition coefficient (Wildman–Crippen LogP) is 1.15. The third-order valence-electron chi connectivity index (χ3n) is 1.88. The van der Waals surface area contributed by atoms with E-state index in [1.54, 1.807) is 12.1 Å². The highest BCUT2D eigenvalue weighted by Crippen LogP contribution is 2.11. The number of hydrogen-bond donors (Lipinski definition) is 2. The molecule has 0 spiro atoms. The number of nitrogens with one attached hydrogen (secondary N) is 1. The third-order valence-corrected chi connectivity index (χ3v) is 2.37. The van der Waals surface area contributed by atoms with Gasteiger partial charge in [-0.05, 0) is 18.2 Å². The Kier molecular flexibility index (Phi) is 6.07. The zero-order chi connectivity index (χ0) is 11.8. The number of ether oxygens (including phenoxy) is 1. The topological polar surface area (TPSA) is 64.3 Å². The van der Waals surface area contributed by atoms with Gasteiger partial charge in [0.15, 0.2) is 0 Å². The van der Waals surface area contributed by atoms with E-state index in [-0.39, 0.29) is 5.91 Å². The smallest absolute Gasteiger partial charge is 0.251 e. The van der Waals surface area contributed by atoms with Gasteiger partial charge in [0.1, 0.15) is 0 Å². The van der Waals surface area contributed by atoms with E-state index in [4.69, 9.17) is 10.5 Å². The molecule has 0 fully saturated rings. The van der Waals surface area contributed by atoms with Crippen LogP contribution < -0.4 is 11.1 Å². The predicted molar refractivity (Wildman–Crippen MR) is 66.3 cm³/mol. The maximum Gasteiger partial charge on any atom is 0.251 e. The van der Waals surface area contributed by atoms with Gasteiger partial charge in [-0.3, -0.25) is 4.79 Å². The molecule has 4 nitrogen and oxygen atoms in total. The molecule has 3 N–H and O–H groups in total. The Bertz CT molecular complexity index is 345. The van der Waals surface area contributed by atoms with Crippen molar-refractivity contribution >= 4 is 21.8 Å². The molecular weight excluding hydrogens is 272 g/mol. The number of nitrogens with two attached hydrogens (primary N) is 1. The van der Waals surface area contributed by atoms with E-state index in [2.05, 4.69) is 21.2 Å². The fraction of sp³-hybridized carbons (Fsp3) is 0.364. The van der Waals surface area contributed by atoms with Crippen LogP contribution in [-0.4, -0.2) is 32.2 Å². The Morgan fingerprint density at radius 2 is 2.25 bits per heavy atom. The molecule has 0 aromatic heterocycles. The summed E-state index contributed by atoms with van der Waals surface area (Å²) in [5, 5.41) is 2.76. The standard InChI is InChI=1S/C11H15BrN2O2/c12-10-3-1-2-9(8-10)11(15)14-5-7-16-6-4-13/h1-3,8H,4-7,13H2,(H,14,15). The highest BCUT2D eigenvalue weighted by Gasteiger charge is 2.04. The van der Waals surface area contributed by atoms with Crippen LogP contribution in [0.2, 0.25) is 0 Å². The quantitative estimate of drug-likeness (QED) is 0.772. The van der Waals surface area contributed by atoms with Gasteiger partial charge in [0.25, 0.3) is 5.91 Å². The molecule has 0 aliphatic rings. The molecule has 0 aliphatic carbocycles. The Balaban J connectivity index is 2.30. The molecule has 0 radical (unpaired) electrons. The van der Waals surface area contributed by atoms with Crippen LogP contribution in [0.4, 0.5) is 0 Å². The molecule has 0 heterocycles. The maximum absolute atomic E-state index is 11.6. The van der Waals surface area contributed by atoms with Gasteiger partial charge < -0.3 is 15.8 Å². The minimum atomic E-state index is -0.0994. The van der Waals surface area contributed by atoms with Crippen LogP contribution in [0, 0.1) is 0 Å². The molecule has 88 valence electrons. The maximum atomic E-state index is 11.6. The first-order valence-electron chi connectivity index (χ1n) is 5.05. The fourth-order valence-electron chi connectivity index (χ4n) is 1.15. The minimum absolute atomic E-state index is 0.0994. The summed E-state index contributed by atoms with van der Waals surface area (Å²) in [6.45, 7) is 1.99. The third kappa shape index (κ3) is 4.74. The van der Waals surface area contributed by atoms with Crippen LogP contribution in [-0.2, 0) is 4.74 Å². The SMILES string of the molecule is NCCOCCNC(=O)c1cccc(Br)c1. The molecule has 0 unspecified atom stereocenters. The van der Waals surface area contributed by atoms with Crippen LogP contribution in [0.5, 0.6) is 0 Å². The number of rotatable bonds is 6. The Labute approximate surface area is 103 Å². The number of halogens is 1. The molecule has 0 aliphatic heterocycles. The van der Waals surface area contributed by atoms with Gasteiger partial charge in [-0.1, -0.05) is 22.0 Å². The van der Waals surface area contributed by atoms with Crippen LogP contribution in [0.15, 0.2) is 28.7 Å². The van der Waals surface area contributed by atoms with Crippen molar-refractivity contribution in [3.8, 4) is 0 Å².